The molecule has 7 nitrogen and oxygen atoms in total. The normalized spacial score (nSPS) is 12.5. The van der Waals surface area contributed by atoms with Crippen LogP contribution in [0.25, 0.3) is 0 Å². The third kappa shape index (κ3) is 3.51. The molecule has 0 bridgehead atoms. The molecule has 0 aliphatic heterocycles. The fourth-order valence-corrected chi connectivity index (χ4v) is 3.29. The Kier molecular flexibility index (Phi) is 5.73. The van der Waals surface area contributed by atoms with Gasteiger partial charge in [-0.1, -0.05) is 12.1 Å². The Morgan fingerprint density at radius 3 is 1.85 bits per heavy atom. The molecule has 0 saturated carbocycles. The van der Waals surface area contributed by atoms with Crippen molar-refractivity contribution < 1.29 is 9.59 Å². The maximum Gasteiger partial charge on any atom is 0.198 e. The minimum absolute atomic E-state index is 0.204. The highest BCUT2D eigenvalue weighted by Crippen LogP contribution is 2.38. The zero-order valence-corrected chi connectivity index (χ0v) is 15.2. The zero-order valence-electron chi connectivity index (χ0n) is 15.2. The SMILES string of the molecule is NCCCNc1ccc(NCCCN)c2c1C(=O)c1cccc(N)c1C2=O. The first-order valence-electron chi connectivity index (χ1n) is 9.13. The standard InChI is InChI=1S/C20H25N5O2/c21-8-2-10-24-14-6-7-15(25-11-3-9-22)18-17(14)19(26)12-4-1-5-13(23)16(12)20(18)27/h1,4-7,24-25H,2-3,8-11,21-23H2. The summed E-state index contributed by atoms with van der Waals surface area (Å²) >= 11 is 0. The fraction of sp³-hybridized carbons (Fsp3) is 0.300. The van der Waals surface area contributed by atoms with Crippen LogP contribution in [0.5, 0.6) is 0 Å². The van der Waals surface area contributed by atoms with Crippen LogP contribution in [0, 0.1) is 0 Å². The van der Waals surface area contributed by atoms with E-state index in [9.17, 15) is 9.59 Å². The lowest BCUT2D eigenvalue weighted by Gasteiger charge is -2.24. The molecule has 8 N–H and O–H groups in total. The van der Waals surface area contributed by atoms with E-state index < -0.39 is 0 Å². The quantitative estimate of drug-likeness (QED) is 0.301. The van der Waals surface area contributed by atoms with Crippen LogP contribution in [0.2, 0.25) is 0 Å². The molecule has 0 fully saturated rings. The van der Waals surface area contributed by atoms with E-state index in [4.69, 9.17) is 17.2 Å². The van der Waals surface area contributed by atoms with Gasteiger partial charge in [-0.3, -0.25) is 9.59 Å². The van der Waals surface area contributed by atoms with Crippen LogP contribution >= 0.6 is 0 Å². The molecule has 1 aliphatic carbocycles. The van der Waals surface area contributed by atoms with Gasteiger partial charge in [0.2, 0.25) is 0 Å². The van der Waals surface area contributed by atoms with E-state index in [2.05, 4.69) is 10.6 Å². The van der Waals surface area contributed by atoms with Crippen LogP contribution in [0.4, 0.5) is 17.1 Å². The maximum absolute atomic E-state index is 13.3. The number of hydrogen-bond donors (Lipinski definition) is 5. The van der Waals surface area contributed by atoms with Crippen LogP contribution in [-0.2, 0) is 0 Å². The number of fused-ring (bicyclic) bond motifs is 2. The maximum atomic E-state index is 13.3. The molecule has 0 amide bonds. The molecular weight excluding hydrogens is 342 g/mol. The van der Waals surface area contributed by atoms with E-state index in [1.54, 1.807) is 18.2 Å². The summed E-state index contributed by atoms with van der Waals surface area (Å²) in [5, 5.41) is 6.46. The van der Waals surface area contributed by atoms with Crippen molar-refractivity contribution in [2.24, 2.45) is 11.5 Å². The lowest BCUT2D eigenvalue weighted by Crippen LogP contribution is -2.26. The summed E-state index contributed by atoms with van der Waals surface area (Å²) in [7, 11) is 0. The van der Waals surface area contributed by atoms with E-state index in [0.29, 0.717) is 59.9 Å². The lowest BCUT2D eigenvalue weighted by molar-refractivity contribution is 0.0981. The van der Waals surface area contributed by atoms with E-state index in [1.807, 2.05) is 12.1 Å². The number of rotatable bonds is 8. The summed E-state index contributed by atoms with van der Waals surface area (Å²) in [5.41, 5.74) is 20.1. The zero-order chi connectivity index (χ0) is 19.4. The lowest BCUT2D eigenvalue weighted by atomic mass is 9.81. The van der Waals surface area contributed by atoms with Crippen molar-refractivity contribution >= 4 is 28.6 Å². The van der Waals surface area contributed by atoms with Crippen LogP contribution < -0.4 is 27.8 Å². The topological polar surface area (TPSA) is 136 Å². The number of nitrogens with two attached hydrogens (primary N) is 3. The molecule has 27 heavy (non-hydrogen) atoms. The van der Waals surface area contributed by atoms with Crippen molar-refractivity contribution in [3.8, 4) is 0 Å². The first-order valence-corrected chi connectivity index (χ1v) is 9.13. The Morgan fingerprint density at radius 2 is 1.30 bits per heavy atom. The molecule has 2 aromatic carbocycles. The first kappa shape index (κ1) is 18.9. The van der Waals surface area contributed by atoms with Gasteiger partial charge < -0.3 is 27.8 Å². The number of carbonyl (C=O) groups is 2. The Labute approximate surface area is 158 Å². The molecular formula is C20H25N5O2. The van der Waals surface area contributed by atoms with Gasteiger partial charge in [0, 0.05) is 35.7 Å². The number of anilines is 3. The highest BCUT2D eigenvalue weighted by atomic mass is 16.1. The highest BCUT2D eigenvalue weighted by Gasteiger charge is 2.35. The van der Waals surface area contributed by atoms with Crippen molar-refractivity contribution in [1.82, 2.24) is 0 Å². The van der Waals surface area contributed by atoms with Gasteiger partial charge in [-0.2, -0.15) is 0 Å². The molecule has 0 saturated heterocycles. The summed E-state index contributed by atoms with van der Waals surface area (Å²) in [5.74, 6) is -0.444. The minimum Gasteiger partial charge on any atom is -0.398 e. The fourth-order valence-electron chi connectivity index (χ4n) is 3.29. The summed E-state index contributed by atoms with van der Waals surface area (Å²) < 4.78 is 0. The molecule has 0 spiro atoms. The van der Waals surface area contributed by atoms with Gasteiger partial charge in [-0.15, -0.1) is 0 Å². The monoisotopic (exact) mass is 367 g/mol. The minimum atomic E-state index is -0.240. The molecule has 2 aromatic rings. The average molecular weight is 367 g/mol. The third-order valence-electron chi connectivity index (χ3n) is 4.62. The Balaban J connectivity index is 2.11. The molecule has 1 aliphatic rings. The van der Waals surface area contributed by atoms with Crippen LogP contribution in [0.1, 0.15) is 44.7 Å². The smallest absolute Gasteiger partial charge is 0.198 e. The largest absolute Gasteiger partial charge is 0.398 e. The molecule has 0 unspecified atom stereocenters. The van der Waals surface area contributed by atoms with Crippen molar-refractivity contribution in [3.05, 3.63) is 52.6 Å². The van der Waals surface area contributed by atoms with Gasteiger partial charge in [0.1, 0.15) is 0 Å². The number of nitrogen functional groups attached to an aromatic ring is 1. The van der Waals surface area contributed by atoms with Crippen molar-refractivity contribution in [2.75, 3.05) is 42.5 Å². The molecule has 3 rings (SSSR count). The predicted molar refractivity (Wildman–Crippen MR) is 108 cm³/mol. The van der Waals surface area contributed by atoms with Gasteiger partial charge in [-0.05, 0) is 44.1 Å². The number of hydrogen-bond acceptors (Lipinski definition) is 7. The van der Waals surface area contributed by atoms with E-state index in [-0.39, 0.29) is 17.1 Å². The van der Waals surface area contributed by atoms with E-state index in [1.165, 1.54) is 0 Å². The van der Waals surface area contributed by atoms with Gasteiger partial charge in [0.25, 0.3) is 0 Å². The second kappa shape index (κ2) is 8.20. The Bertz CT molecular complexity index is 879. The molecule has 0 heterocycles. The van der Waals surface area contributed by atoms with Gasteiger partial charge >= 0.3 is 0 Å². The summed E-state index contributed by atoms with van der Waals surface area (Å²) in [6.07, 6.45) is 1.52. The highest BCUT2D eigenvalue weighted by molar-refractivity contribution is 6.33. The van der Waals surface area contributed by atoms with Crippen LogP contribution in [0.3, 0.4) is 0 Å². The second-order valence-electron chi connectivity index (χ2n) is 6.48. The van der Waals surface area contributed by atoms with E-state index >= 15 is 0 Å². The summed E-state index contributed by atoms with van der Waals surface area (Å²) in [6.45, 7) is 2.31. The van der Waals surface area contributed by atoms with Crippen molar-refractivity contribution in [1.29, 1.82) is 0 Å². The predicted octanol–water partition coefficient (Wildman–Crippen LogP) is 1.57. The second-order valence-corrected chi connectivity index (χ2v) is 6.48. The molecule has 0 aromatic heterocycles. The molecule has 142 valence electrons. The average Bonchev–Trinajstić information content (AvgIpc) is 2.66. The molecule has 0 atom stereocenters. The Morgan fingerprint density at radius 1 is 0.741 bits per heavy atom. The molecule has 7 heteroatoms. The molecule has 0 radical (unpaired) electrons. The van der Waals surface area contributed by atoms with Crippen LogP contribution in [0.15, 0.2) is 30.3 Å². The Hall–Kier alpha value is -2.90. The number of nitrogens with one attached hydrogen (secondary N) is 2. The number of benzene rings is 2. The van der Waals surface area contributed by atoms with Gasteiger partial charge in [0.15, 0.2) is 11.6 Å². The van der Waals surface area contributed by atoms with Crippen molar-refractivity contribution in [2.45, 2.75) is 12.8 Å². The van der Waals surface area contributed by atoms with Gasteiger partial charge in [-0.25, -0.2) is 0 Å². The van der Waals surface area contributed by atoms with E-state index in [0.717, 1.165) is 12.8 Å². The number of carbonyl (C=O) groups excluding carboxylic acids is 2. The van der Waals surface area contributed by atoms with Crippen molar-refractivity contribution in [3.63, 3.8) is 0 Å². The summed E-state index contributed by atoms with van der Waals surface area (Å²) in [4.78, 5) is 26.5. The number of ketones is 2. The van der Waals surface area contributed by atoms with Gasteiger partial charge in [0.05, 0.1) is 16.7 Å². The third-order valence-corrected chi connectivity index (χ3v) is 4.62. The summed E-state index contributed by atoms with van der Waals surface area (Å²) in [6, 6.07) is 8.61. The van der Waals surface area contributed by atoms with Crippen LogP contribution in [-0.4, -0.2) is 37.7 Å². The first-order chi connectivity index (χ1) is 13.1.